The average Bonchev–Trinajstić information content (AvgIpc) is 3.21. The van der Waals surface area contributed by atoms with Gasteiger partial charge in [-0.05, 0) is 141 Å². The first kappa shape index (κ1) is 48.7. The molecule has 0 radical (unpaired) electrons. The van der Waals surface area contributed by atoms with Crippen molar-refractivity contribution in [3.05, 3.63) is 107 Å². The largest absolute Gasteiger partial charge is 0.481 e. The van der Waals surface area contributed by atoms with E-state index in [-0.39, 0.29) is 0 Å². The van der Waals surface area contributed by atoms with Crippen LogP contribution in [0.4, 0.5) is 0 Å². The Morgan fingerprint density at radius 2 is 1.03 bits per heavy atom. The summed E-state index contributed by atoms with van der Waals surface area (Å²) < 4.78 is 23.2. The number of nitrogens with zero attached hydrogens (tertiary/aromatic N) is 7. The second kappa shape index (κ2) is 24.4. The molecular weight excluding hydrogens is 801 g/mol. The molecule has 5 unspecified atom stereocenters. The molecule has 0 aromatic heterocycles. The van der Waals surface area contributed by atoms with Gasteiger partial charge in [0.15, 0.2) is 5.72 Å². The van der Waals surface area contributed by atoms with Crippen molar-refractivity contribution in [1.29, 1.82) is 0 Å². The fourth-order valence-corrected chi connectivity index (χ4v) is 10.6. The summed E-state index contributed by atoms with van der Waals surface area (Å²) in [7, 11) is 3.87. The molecule has 0 N–H and O–H groups in total. The van der Waals surface area contributed by atoms with Gasteiger partial charge in [0.1, 0.15) is 27.9 Å². The van der Waals surface area contributed by atoms with Gasteiger partial charge in [0.05, 0.1) is 26.1 Å². The molecule has 0 amide bonds. The van der Waals surface area contributed by atoms with Crippen LogP contribution in [0.15, 0.2) is 94.7 Å². The molecule has 5 atom stereocenters. The molecule has 10 nitrogen and oxygen atoms in total. The number of unbranched alkanes of at least 4 members (excludes halogenated alkanes) is 5. The van der Waals surface area contributed by atoms with Crippen molar-refractivity contribution in [3.8, 4) is 17.2 Å². The highest BCUT2D eigenvalue weighted by molar-refractivity contribution is 8.04. The predicted octanol–water partition coefficient (Wildman–Crippen LogP) is 13.4. The molecule has 0 bridgehead atoms. The standard InChI is InChI=1S/C44H65N7O3P2S2/c1-10-14-16-18-33-44(7,56(58)51(9)47-34-37-21-27-39(28-22-37)52-42(5,48-49-45)32-17-15-11-2)54-41-29-23-38(24-30-41)35-46-50(8)55(57)43(6,31-12-3)53-40-25-19-36(13-4)20-26-40/h13,19-30,34-35,55-56H,4,10-12,14-18,31-33H2,1-3,5-9H3/b46-35+,47-34+. The SMILES string of the molecule is C=Cc1ccc(OC(C)(CCC)[PH](=S)N(C)/N=C/c2ccc(OC(C)(CCCCCC)[PH](=S)N(C)/N=C/c3ccc(OC(C)(CCCCC)N=[N+]=[N-])cc3)cc2)cc1. The lowest BCUT2D eigenvalue weighted by molar-refractivity contribution is 0.0835. The lowest BCUT2D eigenvalue weighted by atomic mass is 10.1. The maximum atomic E-state index is 9.13. The van der Waals surface area contributed by atoms with Crippen molar-refractivity contribution in [3.63, 3.8) is 0 Å². The minimum Gasteiger partial charge on any atom is -0.481 e. The maximum absolute atomic E-state index is 9.13. The van der Waals surface area contributed by atoms with E-state index in [1.165, 1.54) is 6.42 Å². The van der Waals surface area contributed by atoms with Crippen LogP contribution >= 0.6 is 13.7 Å². The van der Waals surface area contributed by atoms with Gasteiger partial charge in [0.25, 0.3) is 0 Å². The number of hydrogen-bond acceptors (Lipinski definition) is 8. The van der Waals surface area contributed by atoms with E-state index in [0.717, 1.165) is 86.0 Å². The molecule has 3 aromatic carbocycles. The fourth-order valence-electron chi connectivity index (χ4n) is 6.47. The number of hydrazone groups is 2. The van der Waals surface area contributed by atoms with E-state index >= 15 is 0 Å². The van der Waals surface area contributed by atoms with E-state index in [4.69, 9.17) is 53.6 Å². The Kier molecular flexibility index (Phi) is 20.5. The average molecular weight is 866 g/mol. The number of azide groups is 1. The first-order valence-electron chi connectivity index (χ1n) is 20.4. The number of benzene rings is 3. The van der Waals surface area contributed by atoms with Crippen LogP contribution in [0.2, 0.25) is 0 Å². The summed E-state index contributed by atoms with van der Waals surface area (Å²) in [5, 5.41) is 12.4. The third kappa shape index (κ3) is 15.5. The van der Waals surface area contributed by atoms with Crippen molar-refractivity contribution in [2.45, 2.75) is 129 Å². The van der Waals surface area contributed by atoms with Gasteiger partial charge < -0.3 is 14.2 Å². The minimum atomic E-state index is -1.72. The van der Waals surface area contributed by atoms with E-state index < -0.39 is 30.1 Å². The normalized spacial score (nSPS) is 15.7. The van der Waals surface area contributed by atoms with Gasteiger partial charge in [-0.1, -0.05) is 108 Å². The van der Waals surface area contributed by atoms with Crippen molar-refractivity contribution >= 4 is 55.8 Å². The Morgan fingerprint density at radius 3 is 1.47 bits per heavy atom. The van der Waals surface area contributed by atoms with Gasteiger partial charge >= 0.3 is 0 Å². The lowest BCUT2D eigenvalue weighted by Gasteiger charge is -2.35. The Labute approximate surface area is 359 Å². The van der Waals surface area contributed by atoms with Gasteiger partial charge in [-0.3, -0.25) is 9.56 Å². The minimum absolute atomic E-state index is 0.527. The fraction of sp³-hybridized carbons (Fsp3) is 0.500. The Morgan fingerprint density at radius 1 is 0.621 bits per heavy atom. The molecule has 0 saturated carbocycles. The molecule has 316 valence electrons. The van der Waals surface area contributed by atoms with Crippen LogP contribution in [-0.4, -0.2) is 52.5 Å². The number of hydrogen-bond donors (Lipinski definition) is 0. The topological polar surface area (TPSA) is 108 Å². The Hall–Kier alpha value is -3.65. The zero-order valence-corrected chi connectivity index (χ0v) is 39.5. The quantitative estimate of drug-likeness (QED) is 0.0143. The number of rotatable bonds is 27. The lowest BCUT2D eigenvalue weighted by Crippen LogP contribution is -2.31. The van der Waals surface area contributed by atoms with Gasteiger partial charge in [0, 0.05) is 19.0 Å². The summed E-state index contributed by atoms with van der Waals surface area (Å²) in [5.74, 6) is 2.19. The van der Waals surface area contributed by atoms with Gasteiger partial charge in [-0.15, -0.1) is 0 Å². The van der Waals surface area contributed by atoms with Crippen LogP contribution in [0.25, 0.3) is 16.5 Å². The molecular formula is C44H65N7O3P2S2. The summed E-state index contributed by atoms with van der Waals surface area (Å²) in [5.41, 5.74) is 11.1. The summed E-state index contributed by atoms with van der Waals surface area (Å²) in [4.78, 5) is 3.03. The van der Waals surface area contributed by atoms with Crippen LogP contribution in [0.1, 0.15) is 129 Å². The zero-order valence-electron chi connectivity index (χ0n) is 35.8. The third-order valence-corrected chi connectivity index (χ3v) is 18.0. The van der Waals surface area contributed by atoms with E-state index in [9.17, 15) is 0 Å². The van der Waals surface area contributed by atoms with Crippen LogP contribution in [0.5, 0.6) is 17.2 Å². The van der Waals surface area contributed by atoms with Crippen LogP contribution < -0.4 is 14.2 Å². The monoisotopic (exact) mass is 865 g/mol. The molecule has 0 heterocycles. The molecule has 58 heavy (non-hydrogen) atoms. The zero-order chi connectivity index (χ0) is 42.6. The Bertz CT molecular complexity index is 1880. The van der Waals surface area contributed by atoms with Crippen LogP contribution in [0, 0.1) is 0 Å². The van der Waals surface area contributed by atoms with Gasteiger partial charge in [-0.2, -0.15) is 10.2 Å². The van der Waals surface area contributed by atoms with Gasteiger partial charge in [-0.25, -0.2) is 0 Å². The molecule has 3 aromatic rings. The Balaban J connectivity index is 1.70. The van der Waals surface area contributed by atoms with E-state index in [0.29, 0.717) is 12.2 Å². The second-order valence-corrected chi connectivity index (χ2v) is 22.2. The van der Waals surface area contributed by atoms with Crippen LogP contribution in [0.3, 0.4) is 0 Å². The predicted molar refractivity (Wildman–Crippen MR) is 256 cm³/mol. The highest BCUT2D eigenvalue weighted by atomic mass is 32.4. The van der Waals surface area contributed by atoms with Crippen LogP contribution in [-0.2, 0) is 23.6 Å². The summed E-state index contributed by atoms with van der Waals surface area (Å²) in [6.45, 7) is 13.0. The first-order valence-corrected chi connectivity index (χ1v) is 25.6. The van der Waals surface area contributed by atoms with Crippen molar-refractivity contribution < 1.29 is 14.2 Å². The molecule has 0 saturated heterocycles. The highest BCUT2D eigenvalue weighted by Crippen LogP contribution is 2.48. The summed E-state index contributed by atoms with van der Waals surface area (Å²) >= 11 is 12.3. The van der Waals surface area contributed by atoms with Crippen molar-refractivity contribution in [2.75, 3.05) is 14.1 Å². The molecule has 0 aliphatic heterocycles. The molecule has 0 fully saturated rings. The number of ether oxygens (including phenoxy) is 3. The summed E-state index contributed by atoms with van der Waals surface area (Å²) in [6.07, 6.45) is 16.2. The second-order valence-electron chi connectivity index (χ2n) is 15.2. The smallest absolute Gasteiger partial charge is 0.185 e. The molecule has 0 aliphatic carbocycles. The first-order chi connectivity index (χ1) is 27.7. The highest BCUT2D eigenvalue weighted by Gasteiger charge is 2.34. The van der Waals surface area contributed by atoms with E-state index in [2.05, 4.69) is 51.2 Å². The summed E-state index contributed by atoms with van der Waals surface area (Å²) in [6, 6.07) is 23.5. The molecule has 0 aliphatic rings. The van der Waals surface area contributed by atoms with Crippen molar-refractivity contribution in [2.24, 2.45) is 15.3 Å². The van der Waals surface area contributed by atoms with Crippen molar-refractivity contribution in [1.82, 2.24) is 9.56 Å². The molecule has 3 rings (SSSR count). The molecule has 14 heteroatoms. The van der Waals surface area contributed by atoms with E-state index in [1.807, 2.05) is 122 Å². The molecule has 0 spiro atoms. The van der Waals surface area contributed by atoms with E-state index in [1.54, 1.807) is 0 Å². The van der Waals surface area contributed by atoms with Gasteiger partial charge in [0.2, 0.25) is 0 Å². The third-order valence-electron chi connectivity index (χ3n) is 9.89. The maximum Gasteiger partial charge on any atom is 0.185 e.